The third kappa shape index (κ3) is 2.81. The summed E-state index contributed by atoms with van der Waals surface area (Å²) in [4.78, 5) is 22.9. The maximum Gasteiger partial charge on any atom is 0.254 e. The number of amides is 2. The number of carbonyl (C=O) groups is 2. The van der Waals surface area contributed by atoms with Crippen LogP contribution in [0.2, 0.25) is 0 Å². The van der Waals surface area contributed by atoms with Crippen LogP contribution in [-0.2, 0) is 4.79 Å². The summed E-state index contributed by atoms with van der Waals surface area (Å²) in [7, 11) is 0. The summed E-state index contributed by atoms with van der Waals surface area (Å²) in [6, 6.07) is 5.58. The van der Waals surface area contributed by atoms with E-state index in [1.54, 1.807) is 6.07 Å². The monoisotopic (exact) mass is 236 g/mol. The van der Waals surface area contributed by atoms with Crippen molar-refractivity contribution in [2.45, 2.75) is 18.9 Å². The second-order valence-electron chi connectivity index (χ2n) is 3.99. The molecule has 90 valence electrons. The van der Waals surface area contributed by atoms with Crippen molar-refractivity contribution in [3.05, 3.63) is 35.6 Å². The lowest BCUT2D eigenvalue weighted by atomic mass is 10.1. The predicted molar refractivity (Wildman–Crippen MR) is 59.9 cm³/mol. The molecule has 17 heavy (non-hydrogen) atoms. The minimum atomic E-state index is -0.551. The average Bonchev–Trinajstić information content (AvgIpc) is 2.29. The molecule has 2 amide bonds. The molecule has 0 radical (unpaired) electrons. The number of hydrogen-bond donors (Lipinski definition) is 2. The van der Waals surface area contributed by atoms with Crippen LogP contribution >= 0.6 is 0 Å². The van der Waals surface area contributed by atoms with Crippen LogP contribution in [0.1, 0.15) is 23.2 Å². The number of benzene rings is 1. The van der Waals surface area contributed by atoms with E-state index in [2.05, 4.69) is 10.6 Å². The van der Waals surface area contributed by atoms with Gasteiger partial charge in [-0.1, -0.05) is 12.1 Å². The van der Waals surface area contributed by atoms with Gasteiger partial charge in [-0.25, -0.2) is 4.39 Å². The summed E-state index contributed by atoms with van der Waals surface area (Å²) in [5, 5.41) is 5.34. The van der Waals surface area contributed by atoms with E-state index >= 15 is 0 Å². The van der Waals surface area contributed by atoms with E-state index in [0.29, 0.717) is 13.0 Å². The van der Waals surface area contributed by atoms with E-state index in [9.17, 15) is 14.0 Å². The minimum Gasteiger partial charge on any atom is -0.356 e. The van der Waals surface area contributed by atoms with Crippen LogP contribution < -0.4 is 10.6 Å². The highest BCUT2D eigenvalue weighted by Gasteiger charge is 2.22. The molecule has 1 aromatic carbocycles. The lowest BCUT2D eigenvalue weighted by Gasteiger charge is -2.23. The Bertz CT molecular complexity index is 448. The van der Waals surface area contributed by atoms with Crippen molar-refractivity contribution in [2.75, 3.05) is 6.54 Å². The van der Waals surface area contributed by atoms with Gasteiger partial charge in [-0.2, -0.15) is 0 Å². The van der Waals surface area contributed by atoms with Crippen molar-refractivity contribution in [3.63, 3.8) is 0 Å². The van der Waals surface area contributed by atoms with Gasteiger partial charge in [0.1, 0.15) is 5.82 Å². The first-order valence-electron chi connectivity index (χ1n) is 5.49. The van der Waals surface area contributed by atoms with Crippen LogP contribution in [0.25, 0.3) is 0 Å². The first-order chi connectivity index (χ1) is 8.16. The molecule has 5 heteroatoms. The van der Waals surface area contributed by atoms with Crippen LogP contribution in [0.15, 0.2) is 24.3 Å². The summed E-state index contributed by atoms with van der Waals surface area (Å²) in [5.74, 6) is -1.11. The first kappa shape index (κ1) is 11.6. The molecule has 1 saturated heterocycles. The van der Waals surface area contributed by atoms with Crippen molar-refractivity contribution in [1.82, 2.24) is 10.6 Å². The fraction of sp³-hybridized carbons (Fsp3) is 0.333. The Labute approximate surface area is 98.2 Å². The SMILES string of the molecule is O=C1CC(NC(=O)c2ccccc2F)CCN1. The van der Waals surface area contributed by atoms with Crippen LogP contribution in [0, 0.1) is 5.82 Å². The predicted octanol–water partition coefficient (Wildman–Crippen LogP) is 0.834. The molecule has 0 saturated carbocycles. The summed E-state index contributed by atoms with van der Waals surface area (Å²) < 4.78 is 13.3. The van der Waals surface area contributed by atoms with E-state index in [-0.39, 0.29) is 23.9 Å². The Morgan fingerprint density at radius 3 is 2.88 bits per heavy atom. The molecule has 2 rings (SSSR count). The third-order valence-corrected chi connectivity index (χ3v) is 2.70. The standard InChI is InChI=1S/C12H13FN2O2/c13-10-4-2-1-3-9(10)12(17)15-8-5-6-14-11(16)7-8/h1-4,8H,5-7H2,(H,14,16)(H,15,17). The van der Waals surface area contributed by atoms with E-state index < -0.39 is 11.7 Å². The Morgan fingerprint density at radius 2 is 2.18 bits per heavy atom. The van der Waals surface area contributed by atoms with Crippen molar-refractivity contribution in [1.29, 1.82) is 0 Å². The lowest BCUT2D eigenvalue weighted by molar-refractivity contribution is -0.122. The molecular formula is C12H13FN2O2. The highest BCUT2D eigenvalue weighted by Crippen LogP contribution is 2.09. The number of halogens is 1. The second-order valence-corrected chi connectivity index (χ2v) is 3.99. The van der Waals surface area contributed by atoms with Gasteiger partial charge in [0.15, 0.2) is 0 Å². The van der Waals surface area contributed by atoms with Crippen molar-refractivity contribution >= 4 is 11.8 Å². The molecule has 0 bridgehead atoms. The first-order valence-corrected chi connectivity index (χ1v) is 5.49. The average molecular weight is 236 g/mol. The Balaban J connectivity index is 2.02. The number of carbonyl (C=O) groups excluding carboxylic acids is 2. The molecule has 1 atom stereocenters. The minimum absolute atomic E-state index is 0.0125. The molecule has 1 aliphatic heterocycles. The summed E-state index contributed by atoms with van der Waals surface area (Å²) >= 11 is 0. The van der Waals surface area contributed by atoms with Gasteiger partial charge in [-0.15, -0.1) is 0 Å². The summed E-state index contributed by atoms with van der Waals surface area (Å²) in [5.41, 5.74) is 0.0125. The fourth-order valence-electron chi connectivity index (χ4n) is 1.82. The molecule has 1 fully saturated rings. The largest absolute Gasteiger partial charge is 0.356 e. The van der Waals surface area contributed by atoms with Gasteiger partial charge in [-0.05, 0) is 18.6 Å². The van der Waals surface area contributed by atoms with Crippen LogP contribution in [0.5, 0.6) is 0 Å². The zero-order chi connectivity index (χ0) is 12.3. The molecule has 2 N–H and O–H groups in total. The third-order valence-electron chi connectivity index (χ3n) is 2.70. The van der Waals surface area contributed by atoms with Gasteiger partial charge in [0.05, 0.1) is 5.56 Å². The smallest absolute Gasteiger partial charge is 0.254 e. The van der Waals surface area contributed by atoms with E-state index in [4.69, 9.17) is 0 Å². The van der Waals surface area contributed by atoms with E-state index in [1.807, 2.05) is 0 Å². The number of rotatable bonds is 2. The van der Waals surface area contributed by atoms with Gasteiger partial charge >= 0.3 is 0 Å². The van der Waals surface area contributed by atoms with Crippen LogP contribution in [0.3, 0.4) is 0 Å². The second kappa shape index (κ2) is 4.95. The molecule has 4 nitrogen and oxygen atoms in total. The highest BCUT2D eigenvalue weighted by molar-refractivity contribution is 5.95. The number of nitrogens with one attached hydrogen (secondary N) is 2. The molecular weight excluding hydrogens is 223 g/mol. The molecule has 0 aliphatic carbocycles. The summed E-state index contributed by atoms with van der Waals surface area (Å²) in [6.07, 6.45) is 0.923. The van der Waals surface area contributed by atoms with Crippen LogP contribution in [0.4, 0.5) is 4.39 Å². The maximum absolute atomic E-state index is 13.3. The van der Waals surface area contributed by atoms with E-state index in [0.717, 1.165) is 0 Å². The molecule has 0 spiro atoms. The quantitative estimate of drug-likeness (QED) is 0.799. The lowest BCUT2D eigenvalue weighted by Crippen LogP contribution is -2.45. The summed E-state index contributed by atoms with van der Waals surface area (Å²) in [6.45, 7) is 0.543. The van der Waals surface area contributed by atoms with Gasteiger partial charge in [0.25, 0.3) is 5.91 Å². The Kier molecular flexibility index (Phi) is 3.37. The molecule has 1 heterocycles. The van der Waals surface area contributed by atoms with Crippen LogP contribution in [-0.4, -0.2) is 24.4 Å². The fourth-order valence-corrected chi connectivity index (χ4v) is 1.82. The van der Waals surface area contributed by atoms with E-state index in [1.165, 1.54) is 18.2 Å². The topological polar surface area (TPSA) is 58.2 Å². The molecule has 1 aliphatic rings. The molecule has 1 unspecified atom stereocenters. The zero-order valence-electron chi connectivity index (χ0n) is 9.20. The molecule has 1 aromatic rings. The van der Waals surface area contributed by atoms with Crippen molar-refractivity contribution in [2.24, 2.45) is 0 Å². The molecule has 0 aromatic heterocycles. The Morgan fingerprint density at radius 1 is 1.41 bits per heavy atom. The number of hydrogen-bond acceptors (Lipinski definition) is 2. The van der Waals surface area contributed by atoms with Gasteiger partial charge < -0.3 is 10.6 Å². The zero-order valence-corrected chi connectivity index (χ0v) is 9.20. The van der Waals surface area contributed by atoms with Gasteiger partial charge in [0, 0.05) is 19.0 Å². The normalized spacial score (nSPS) is 19.6. The highest BCUT2D eigenvalue weighted by atomic mass is 19.1. The van der Waals surface area contributed by atoms with Crippen molar-refractivity contribution < 1.29 is 14.0 Å². The van der Waals surface area contributed by atoms with Gasteiger partial charge in [0.2, 0.25) is 5.91 Å². The maximum atomic E-state index is 13.3. The number of piperidine rings is 1. The van der Waals surface area contributed by atoms with Crippen molar-refractivity contribution in [3.8, 4) is 0 Å². The van der Waals surface area contributed by atoms with Gasteiger partial charge in [-0.3, -0.25) is 9.59 Å². The Hall–Kier alpha value is -1.91.